The van der Waals surface area contributed by atoms with Crippen molar-refractivity contribution in [1.82, 2.24) is 9.80 Å². The molecule has 0 aromatic heterocycles. The van der Waals surface area contributed by atoms with Crippen LogP contribution < -0.4 is 9.47 Å². The summed E-state index contributed by atoms with van der Waals surface area (Å²) in [6.07, 6.45) is 9.57. The van der Waals surface area contributed by atoms with Crippen molar-refractivity contribution >= 4 is 11.8 Å². The number of fused-ring (bicyclic) bond motifs is 2. The molecular formula is C44H61N3O8. The molecule has 2 aromatic carbocycles. The molecule has 0 spiro atoms. The van der Waals surface area contributed by atoms with Crippen molar-refractivity contribution in [2.45, 2.75) is 89.6 Å². The van der Waals surface area contributed by atoms with Crippen molar-refractivity contribution in [3.8, 4) is 11.5 Å². The molecule has 1 saturated carbocycles. The minimum atomic E-state index is -1.32. The quantitative estimate of drug-likeness (QED) is 0.0561. The smallest absolute Gasteiger partial charge is 0.410 e. The Labute approximate surface area is 326 Å². The topological polar surface area (TPSA) is 122 Å². The van der Waals surface area contributed by atoms with Crippen molar-refractivity contribution in [1.29, 1.82) is 0 Å². The molecule has 0 bridgehead atoms. The third-order valence-electron chi connectivity index (χ3n) is 11.4. The fourth-order valence-electron chi connectivity index (χ4n) is 8.88. The number of benzene rings is 2. The van der Waals surface area contributed by atoms with Gasteiger partial charge in [-0.1, -0.05) is 67.4 Å². The highest BCUT2D eigenvalue weighted by atomic mass is 16.7. The molecule has 2 heterocycles. The van der Waals surface area contributed by atoms with Gasteiger partial charge in [-0.25, -0.2) is 4.79 Å². The van der Waals surface area contributed by atoms with E-state index < -0.39 is 17.9 Å². The number of carbonyl (C=O) groups excluding carboxylic acids is 1. The van der Waals surface area contributed by atoms with Crippen molar-refractivity contribution in [3.63, 3.8) is 0 Å². The fraction of sp³-hybridized carbons (Fsp3) is 0.591. The number of allylic oxidation sites excluding steroid dienone is 1. The molecule has 300 valence electrons. The van der Waals surface area contributed by atoms with Crippen LogP contribution in [0.2, 0.25) is 0 Å². The third-order valence-corrected chi connectivity index (χ3v) is 11.4. The first-order valence-electron chi connectivity index (χ1n) is 20.5. The Balaban J connectivity index is 1.51. The maximum atomic E-state index is 14.4. The summed E-state index contributed by atoms with van der Waals surface area (Å²) in [5.74, 6) is -0.0214. The van der Waals surface area contributed by atoms with Gasteiger partial charge in [0.1, 0.15) is 37.4 Å². The zero-order valence-electron chi connectivity index (χ0n) is 32.8. The SMILES string of the molecule is C=CCOC12Oc3ccc(OCCN4CC4)cc3C3C(CCCCO)C(CCCCO)C=C(C(=NOCC)CC1N(CCC)C(=O)OCc1ccccc1)C32. The summed E-state index contributed by atoms with van der Waals surface area (Å²) in [7, 11) is 0. The zero-order valence-corrected chi connectivity index (χ0v) is 32.8. The molecule has 2 aliphatic carbocycles. The van der Waals surface area contributed by atoms with E-state index in [2.05, 4.69) is 30.5 Å². The second-order valence-electron chi connectivity index (χ2n) is 15.1. The highest BCUT2D eigenvalue weighted by molar-refractivity contribution is 6.03. The van der Waals surface area contributed by atoms with E-state index in [-0.39, 0.29) is 50.1 Å². The molecule has 1 saturated heterocycles. The molecule has 1 amide bonds. The number of ether oxygens (including phenoxy) is 4. The summed E-state index contributed by atoms with van der Waals surface area (Å²) in [6.45, 7) is 13.1. The van der Waals surface area contributed by atoms with E-state index in [9.17, 15) is 15.0 Å². The van der Waals surface area contributed by atoms with Gasteiger partial charge in [-0.15, -0.1) is 6.58 Å². The number of rotatable bonds is 22. The highest BCUT2D eigenvalue weighted by Crippen LogP contribution is 2.62. The van der Waals surface area contributed by atoms with Crippen LogP contribution >= 0.6 is 0 Å². The third kappa shape index (κ3) is 9.56. The van der Waals surface area contributed by atoms with E-state index in [0.29, 0.717) is 44.8 Å². The largest absolute Gasteiger partial charge is 0.492 e. The van der Waals surface area contributed by atoms with Gasteiger partial charge in [-0.05, 0) is 80.2 Å². The Morgan fingerprint density at radius 2 is 1.85 bits per heavy atom. The molecule has 0 radical (unpaired) electrons. The highest BCUT2D eigenvalue weighted by Gasteiger charge is 2.65. The van der Waals surface area contributed by atoms with Gasteiger partial charge in [0.15, 0.2) is 0 Å². The number of oxime groups is 1. The predicted molar refractivity (Wildman–Crippen MR) is 212 cm³/mol. The number of hydrogen-bond acceptors (Lipinski definition) is 10. The van der Waals surface area contributed by atoms with E-state index in [4.69, 9.17) is 28.9 Å². The average molecular weight is 760 g/mol. The Hall–Kier alpha value is -3.90. The zero-order chi connectivity index (χ0) is 38.6. The molecule has 2 fully saturated rings. The average Bonchev–Trinajstić information content (AvgIpc) is 4.04. The van der Waals surface area contributed by atoms with E-state index in [0.717, 1.165) is 79.9 Å². The first-order valence-corrected chi connectivity index (χ1v) is 20.5. The van der Waals surface area contributed by atoms with Crippen molar-refractivity contribution in [2.75, 3.05) is 59.2 Å². The van der Waals surface area contributed by atoms with Crippen LogP contribution in [-0.4, -0.2) is 103 Å². The minimum Gasteiger partial charge on any atom is -0.492 e. The van der Waals surface area contributed by atoms with E-state index >= 15 is 0 Å². The molecule has 2 aromatic rings. The van der Waals surface area contributed by atoms with Crippen LogP contribution in [0.3, 0.4) is 0 Å². The van der Waals surface area contributed by atoms with Crippen LogP contribution in [0.4, 0.5) is 4.79 Å². The van der Waals surface area contributed by atoms with Crippen LogP contribution in [0.25, 0.3) is 0 Å². The van der Waals surface area contributed by atoms with Gasteiger partial charge in [0.05, 0.1) is 18.2 Å². The van der Waals surface area contributed by atoms with Gasteiger partial charge in [0, 0.05) is 57.3 Å². The number of nitrogens with zero attached hydrogens (tertiary/aromatic N) is 3. The summed E-state index contributed by atoms with van der Waals surface area (Å²) in [6, 6.07) is 15.2. The number of amides is 1. The van der Waals surface area contributed by atoms with E-state index in [1.165, 1.54) is 0 Å². The van der Waals surface area contributed by atoms with Gasteiger partial charge in [0.25, 0.3) is 0 Å². The summed E-state index contributed by atoms with van der Waals surface area (Å²) in [4.78, 5) is 24.3. The lowest BCUT2D eigenvalue weighted by atomic mass is 9.55. The Morgan fingerprint density at radius 1 is 1.07 bits per heavy atom. The molecule has 11 heteroatoms. The summed E-state index contributed by atoms with van der Waals surface area (Å²) in [5, 5.41) is 24.5. The summed E-state index contributed by atoms with van der Waals surface area (Å²) < 4.78 is 26.7. The molecule has 6 atom stereocenters. The second-order valence-corrected chi connectivity index (χ2v) is 15.1. The number of hydrogen-bond donors (Lipinski definition) is 2. The molecule has 4 aliphatic rings. The van der Waals surface area contributed by atoms with Gasteiger partial charge in [0.2, 0.25) is 5.79 Å². The second kappa shape index (κ2) is 19.8. The van der Waals surface area contributed by atoms with Crippen LogP contribution in [-0.2, 0) is 20.9 Å². The maximum absolute atomic E-state index is 14.4. The van der Waals surface area contributed by atoms with E-state index in [1.807, 2.05) is 49.4 Å². The fourth-order valence-corrected chi connectivity index (χ4v) is 8.88. The number of carbonyl (C=O) groups is 1. The lowest BCUT2D eigenvalue weighted by Crippen LogP contribution is -2.70. The molecule has 2 N–H and O–H groups in total. The van der Waals surface area contributed by atoms with Crippen molar-refractivity contribution in [2.24, 2.45) is 22.9 Å². The Kier molecular flexibility index (Phi) is 14.7. The lowest BCUT2D eigenvalue weighted by Gasteiger charge is -2.59. The maximum Gasteiger partial charge on any atom is 0.410 e. The molecular weight excluding hydrogens is 698 g/mol. The van der Waals surface area contributed by atoms with Gasteiger partial charge in [-0.3, -0.25) is 9.80 Å². The molecule has 6 rings (SSSR count). The number of aliphatic hydroxyl groups is 2. The normalized spacial score (nSPS) is 25.9. The van der Waals surface area contributed by atoms with Crippen molar-refractivity contribution in [3.05, 3.63) is 84.0 Å². The molecule has 2 aliphatic heterocycles. The summed E-state index contributed by atoms with van der Waals surface area (Å²) >= 11 is 0. The number of unbranched alkanes of at least 4 members (excludes halogenated alkanes) is 2. The molecule has 11 nitrogen and oxygen atoms in total. The lowest BCUT2D eigenvalue weighted by molar-refractivity contribution is -0.255. The van der Waals surface area contributed by atoms with Gasteiger partial charge in [-0.2, -0.15) is 0 Å². The van der Waals surface area contributed by atoms with Crippen LogP contribution in [0, 0.1) is 17.8 Å². The van der Waals surface area contributed by atoms with Crippen LogP contribution in [0.15, 0.2) is 78.0 Å². The first kappa shape index (κ1) is 40.8. The number of aliphatic hydroxyl groups excluding tert-OH is 2. The van der Waals surface area contributed by atoms with E-state index in [1.54, 1.807) is 11.0 Å². The van der Waals surface area contributed by atoms with Gasteiger partial charge < -0.3 is 34.0 Å². The standard InChI is InChI=1S/C44H61N3O8/c1-4-20-47(43(50)52-31-32-14-8-7-9-15-32)40-30-38(45-54-6-3)36-28-33(16-10-12-24-48)35(17-11-13-25-49)41-37-29-34(51-27-23-46-21-22-46)18-19-39(37)55-44(40,42(36)41)53-26-5-2/h5,7-9,14-15,18-19,28-29,33,35,40-42,48-49H,2,4,6,10-13,16-17,20-27,30-31H2,1,3H3. The molecule has 55 heavy (non-hydrogen) atoms. The molecule has 6 unspecified atom stereocenters. The minimum absolute atomic E-state index is 0.111. The monoisotopic (exact) mass is 759 g/mol. The Bertz CT molecular complexity index is 1610. The van der Waals surface area contributed by atoms with Crippen molar-refractivity contribution < 1.29 is 38.8 Å². The van der Waals surface area contributed by atoms with Gasteiger partial charge >= 0.3 is 6.09 Å². The Morgan fingerprint density at radius 3 is 2.56 bits per heavy atom. The summed E-state index contributed by atoms with van der Waals surface area (Å²) in [5.41, 5.74) is 3.73. The van der Waals surface area contributed by atoms with Crippen LogP contribution in [0.5, 0.6) is 11.5 Å². The van der Waals surface area contributed by atoms with Crippen LogP contribution in [0.1, 0.15) is 82.3 Å². The predicted octanol–water partition coefficient (Wildman–Crippen LogP) is 7.08. The first-order chi connectivity index (χ1) is 27.0.